The smallest absolute Gasteiger partial charge is 0.241 e. The van der Waals surface area contributed by atoms with Crippen LogP contribution in [0.3, 0.4) is 0 Å². The lowest BCUT2D eigenvalue weighted by atomic mass is 9.92. The highest BCUT2D eigenvalue weighted by Gasteiger charge is 2.49. The number of anilines is 1. The van der Waals surface area contributed by atoms with E-state index >= 15 is 0 Å². The molecule has 2 aliphatic rings. The first kappa shape index (κ1) is 22.2. The fourth-order valence-corrected chi connectivity index (χ4v) is 5.60. The molecule has 0 amide bonds. The quantitative estimate of drug-likeness (QED) is 0.594. The third-order valence-electron chi connectivity index (χ3n) is 6.13. The van der Waals surface area contributed by atoms with Crippen LogP contribution in [-0.4, -0.2) is 55.9 Å². The van der Waals surface area contributed by atoms with E-state index in [0.717, 1.165) is 16.5 Å². The summed E-state index contributed by atoms with van der Waals surface area (Å²) in [7, 11) is -3.73. The van der Waals surface area contributed by atoms with Gasteiger partial charge in [-0.3, -0.25) is 0 Å². The Hall–Kier alpha value is -2.59. The summed E-state index contributed by atoms with van der Waals surface area (Å²) in [5, 5.41) is 5.18. The number of ether oxygens (including phenoxy) is 2. The highest BCUT2D eigenvalue weighted by Crippen LogP contribution is 2.30. The Morgan fingerprint density at radius 2 is 1.64 bits per heavy atom. The van der Waals surface area contributed by atoms with Gasteiger partial charge in [-0.2, -0.15) is 0 Å². The van der Waals surface area contributed by atoms with Crippen LogP contribution < -0.4 is 10.0 Å². The van der Waals surface area contributed by atoms with Crippen LogP contribution in [0, 0.1) is 0 Å². The van der Waals surface area contributed by atoms with Crippen molar-refractivity contribution in [3.8, 4) is 0 Å². The molecule has 3 heterocycles. The maximum atomic E-state index is 13.1. The van der Waals surface area contributed by atoms with Crippen LogP contribution in [0.25, 0.3) is 10.8 Å². The second kappa shape index (κ2) is 8.32. The van der Waals surface area contributed by atoms with Gasteiger partial charge in [0, 0.05) is 11.6 Å². The molecule has 2 aliphatic heterocycles. The fourth-order valence-electron chi connectivity index (χ4n) is 4.34. The molecule has 4 atom stereocenters. The number of fused-ring (bicyclic) bond motifs is 2. The molecule has 1 aromatic heterocycles. The van der Waals surface area contributed by atoms with Crippen LogP contribution in [0.4, 0.5) is 5.95 Å². The Labute approximate surface area is 193 Å². The van der Waals surface area contributed by atoms with E-state index in [9.17, 15) is 8.42 Å². The molecule has 2 saturated heterocycles. The average molecular weight is 469 g/mol. The molecule has 0 spiro atoms. The van der Waals surface area contributed by atoms with Crippen LogP contribution in [0.2, 0.25) is 0 Å². The van der Waals surface area contributed by atoms with E-state index in [2.05, 4.69) is 40.8 Å². The number of nitrogens with zero attached hydrogens (tertiary/aromatic N) is 2. The zero-order valence-electron chi connectivity index (χ0n) is 18.9. The standard InChI is InChI=1S/C24H28N4O4S/c1-24(2,3)20-10-11-25-23(27-20)26-18-13-31-22-19(14-32-21(18)22)28-33(29,30)17-9-8-15-6-4-5-7-16(15)12-17/h4-12,18-19,21-22,28H,13-14H2,1-3H3,(H,25,26,27)/t18-,19-,21+,22+/m0/s1. The number of rotatable bonds is 5. The van der Waals surface area contributed by atoms with Crippen molar-refractivity contribution in [1.29, 1.82) is 0 Å². The van der Waals surface area contributed by atoms with Crippen LogP contribution in [0.1, 0.15) is 26.5 Å². The number of hydrogen-bond acceptors (Lipinski definition) is 7. The molecule has 0 bridgehead atoms. The Balaban J connectivity index is 1.28. The topological polar surface area (TPSA) is 102 Å². The molecule has 0 aliphatic carbocycles. The number of nitrogens with one attached hydrogen (secondary N) is 2. The van der Waals surface area contributed by atoms with Crippen molar-refractivity contribution in [1.82, 2.24) is 14.7 Å². The molecule has 0 unspecified atom stereocenters. The molecule has 5 rings (SSSR count). The lowest BCUT2D eigenvalue weighted by Gasteiger charge is -2.21. The highest BCUT2D eigenvalue weighted by molar-refractivity contribution is 7.89. The summed E-state index contributed by atoms with van der Waals surface area (Å²) in [6.07, 6.45) is 1.05. The minimum atomic E-state index is -3.73. The van der Waals surface area contributed by atoms with E-state index in [1.165, 1.54) is 0 Å². The summed E-state index contributed by atoms with van der Waals surface area (Å²) in [5.74, 6) is 0.514. The van der Waals surface area contributed by atoms with Gasteiger partial charge in [-0.05, 0) is 29.0 Å². The average Bonchev–Trinajstić information content (AvgIpc) is 3.36. The molecule has 3 aromatic rings. The van der Waals surface area contributed by atoms with Crippen LogP contribution in [-0.2, 0) is 24.9 Å². The maximum Gasteiger partial charge on any atom is 0.241 e. The summed E-state index contributed by atoms with van der Waals surface area (Å²) in [6, 6.07) is 14.1. The van der Waals surface area contributed by atoms with Gasteiger partial charge < -0.3 is 14.8 Å². The number of hydrogen-bond donors (Lipinski definition) is 2. The van der Waals surface area contributed by atoms with Gasteiger partial charge in [-0.25, -0.2) is 23.1 Å². The zero-order valence-corrected chi connectivity index (χ0v) is 19.7. The molecule has 0 radical (unpaired) electrons. The second-order valence-corrected chi connectivity index (χ2v) is 11.3. The van der Waals surface area contributed by atoms with E-state index in [1.54, 1.807) is 18.3 Å². The van der Waals surface area contributed by atoms with E-state index in [0.29, 0.717) is 12.6 Å². The third-order valence-corrected chi connectivity index (χ3v) is 7.62. The van der Waals surface area contributed by atoms with E-state index in [4.69, 9.17) is 9.47 Å². The van der Waals surface area contributed by atoms with E-state index in [1.807, 2.05) is 36.4 Å². The maximum absolute atomic E-state index is 13.1. The van der Waals surface area contributed by atoms with E-state index < -0.39 is 16.1 Å². The van der Waals surface area contributed by atoms with Gasteiger partial charge in [-0.1, -0.05) is 51.1 Å². The highest BCUT2D eigenvalue weighted by atomic mass is 32.2. The van der Waals surface area contributed by atoms with Gasteiger partial charge in [0.1, 0.15) is 12.2 Å². The molecule has 2 N–H and O–H groups in total. The molecule has 9 heteroatoms. The van der Waals surface area contributed by atoms with Gasteiger partial charge >= 0.3 is 0 Å². The first-order chi connectivity index (χ1) is 15.7. The summed E-state index contributed by atoms with van der Waals surface area (Å²) >= 11 is 0. The lowest BCUT2D eigenvalue weighted by molar-refractivity contribution is 0.0690. The first-order valence-corrected chi connectivity index (χ1v) is 12.5. The molecular weight excluding hydrogens is 440 g/mol. The fraction of sp³-hybridized carbons (Fsp3) is 0.417. The van der Waals surface area contributed by atoms with Gasteiger partial charge in [0.25, 0.3) is 0 Å². The Bertz CT molecular complexity index is 1270. The van der Waals surface area contributed by atoms with Crippen LogP contribution in [0.5, 0.6) is 0 Å². The largest absolute Gasteiger partial charge is 0.371 e. The van der Waals surface area contributed by atoms with Crippen molar-refractivity contribution < 1.29 is 17.9 Å². The Morgan fingerprint density at radius 3 is 2.39 bits per heavy atom. The lowest BCUT2D eigenvalue weighted by Crippen LogP contribution is -2.44. The van der Waals surface area contributed by atoms with Crippen molar-refractivity contribution in [2.45, 2.75) is 55.4 Å². The summed E-state index contributed by atoms with van der Waals surface area (Å²) in [5.41, 5.74) is 0.841. The van der Waals surface area contributed by atoms with Gasteiger partial charge in [0.2, 0.25) is 16.0 Å². The van der Waals surface area contributed by atoms with Crippen molar-refractivity contribution in [2.75, 3.05) is 18.5 Å². The predicted molar refractivity (Wildman–Crippen MR) is 126 cm³/mol. The van der Waals surface area contributed by atoms with Crippen LogP contribution in [0.15, 0.2) is 59.6 Å². The first-order valence-electron chi connectivity index (χ1n) is 11.1. The normalized spacial score (nSPS) is 25.3. The summed E-state index contributed by atoms with van der Waals surface area (Å²) < 4.78 is 40.8. The van der Waals surface area contributed by atoms with Crippen LogP contribution >= 0.6 is 0 Å². The molecule has 2 fully saturated rings. The van der Waals surface area contributed by atoms with Gasteiger partial charge in [0.05, 0.1) is 35.9 Å². The number of aromatic nitrogens is 2. The molecule has 8 nitrogen and oxygen atoms in total. The molecular formula is C24H28N4O4S. The molecule has 0 saturated carbocycles. The molecule has 2 aromatic carbocycles. The summed E-state index contributed by atoms with van der Waals surface area (Å²) in [4.78, 5) is 9.18. The zero-order chi connectivity index (χ0) is 23.2. The van der Waals surface area contributed by atoms with Gasteiger partial charge in [-0.15, -0.1) is 0 Å². The van der Waals surface area contributed by atoms with E-state index in [-0.39, 0.29) is 35.2 Å². The van der Waals surface area contributed by atoms with Crippen molar-refractivity contribution >= 4 is 26.7 Å². The monoisotopic (exact) mass is 468 g/mol. The molecule has 33 heavy (non-hydrogen) atoms. The Morgan fingerprint density at radius 1 is 0.939 bits per heavy atom. The van der Waals surface area contributed by atoms with Crippen molar-refractivity contribution in [3.05, 3.63) is 60.4 Å². The minimum Gasteiger partial charge on any atom is -0.371 e. The third kappa shape index (κ3) is 4.46. The van der Waals surface area contributed by atoms with Gasteiger partial charge in [0.15, 0.2) is 0 Å². The molecule has 174 valence electrons. The SMILES string of the molecule is CC(C)(C)c1ccnc(N[C@H]2CO[C@H]3[C@@H]2OC[C@@H]3NS(=O)(=O)c2ccc3ccccc3c2)n1. The predicted octanol–water partition coefficient (Wildman–Crippen LogP) is 2.85. The number of benzene rings is 2. The van der Waals surface area contributed by atoms with Crippen molar-refractivity contribution in [3.63, 3.8) is 0 Å². The van der Waals surface area contributed by atoms with Crippen molar-refractivity contribution in [2.24, 2.45) is 0 Å². The second-order valence-electron chi connectivity index (χ2n) is 9.60. The Kier molecular flexibility index (Phi) is 5.60. The summed E-state index contributed by atoms with van der Waals surface area (Å²) in [6.45, 7) is 6.91. The minimum absolute atomic E-state index is 0.0932. The number of sulfonamides is 1.